The van der Waals surface area contributed by atoms with Crippen molar-refractivity contribution in [2.45, 2.75) is 25.2 Å². The topological polar surface area (TPSA) is 118 Å². The summed E-state index contributed by atoms with van der Waals surface area (Å²) in [7, 11) is 0. The molecule has 6 rings (SSSR count). The van der Waals surface area contributed by atoms with Gasteiger partial charge in [-0.1, -0.05) is 54.6 Å². The number of aromatic nitrogens is 2. The number of hydrogen-bond acceptors (Lipinski definition) is 6. The van der Waals surface area contributed by atoms with Crippen LogP contribution < -0.4 is 15.4 Å². The monoisotopic (exact) mass is 543 g/mol. The van der Waals surface area contributed by atoms with Crippen molar-refractivity contribution in [1.29, 1.82) is 0 Å². The van der Waals surface area contributed by atoms with Crippen LogP contribution in [0.3, 0.4) is 0 Å². The SMILES string of the molecule is O=C(N[C@H]1N=C(c2ccccc2)c2cccc(F)c2NC1=O)c1c(-c2ccccc2F)nn2c1OC(CO)CC2. The van der Waals surface area contributed by atoms with Gasteiger partial charge in [0.2, 0.25) is 12.0 Å². The van der Waals surface area contributed by atoms with E-state index in [-0.39, 0.29) is 35.0 Å². The maximum Gasteiger partial charge on any atom is 0.269 e. The highest BCUT2D eigenvalue weighted by atomic mass is 19.1. The number of aryl methyl sites for hydroxylation is 1. The van der Waals surface area contributed by atoms with Gasteiger partial charge >= 0.3 is 0 Å². The number of fused-ring (bicyclic) bond motifs is 2. The average molecular weight is 544 g/mol. The fraction of sp³-hybridized carbons (Fsp3) is 0.172. The number of ether oxygens (including phenoxy) is 1. The zero-order valence-corrected chi connectivity index (χ0v) is 21.0. The molecule has 0 aliphatic carbocycles. The Morgan fingerprint density at radius 3 is 2.52 bits per heavy atom. The summed E-state index contributed by atoms with van der Waals surface area (Å²) in [4.78, 5) is 31.6. The molecule has 2 atom stereocenters. The molecule has 3 aromatic carbocycles. The number of aliphatic imine (C=N–C) groups is 1. The first kappa shape index (κ1) is 25.4. The maximum absolute atomic E-state index is 14.8. The number of benzodiazepines with no additional fused rings is 1. The molecule has 3 heterocycles. The number of carbonyl (C=O) groups is 2. The molecule has 0 saturated heterocycles. The van der Waals surface area contributed by atoms with Crippen LogP contribution in [-0.2, 0) is 11.3 Å². The molecule has 0 spiro atoms. The fourth-order valence-electron chi connectivity index (χ4n) is 4.79. The zero-order chi connectivity index (χ0) is 27.8. The third kappa shape index (κ3) is 4.50. The molecule has 11 heteroatoms. The number of nitrogens with zero attached hydrogens (tertiary/aromatic N) is 3. The minimum atomic E-state index is -1.48. The lowest BCUT2D eigenvalue weighted by Crippen LogP contribution is -2.43. The summed E-state index contributed by atoms with van der Waals surface area (Å²) in [6.45, 7) is 0.0327. The Kier molecular flexibility index (Phi) is 6.56. The molecule has 2 amide bonds. The molecular weight excluding hydrogens is 520 g/mol. The molecule has 2 aliphatic rings. The van der Waals surface area contributed by atoms with E-state index in [2.05, 4.69) is 20.7 Å². The van der Waals surface area contributed by atoms with Crippen molar-refractivity contribution in [1.82, 2.24) is 15.1 Å². The zero-order valence-electron chi connectivity index (χ0n) is 21.0. The first-order valence-corrected chi connectivity index (χ1v) is 12.6. The van der Waals surface area contributed by atoms with Crippen molar-refractivity contribution in [3.63, 3.8) is 0 Å². The van der Waals surface area contributed by atoms with E-state index in [0.717, 1.165) is 0 Å². The van der Waals surface area contributed by atoms with Gasteiger partial charge in [-0.2, -0.15) is 5.10 Å². The van der Waals surface area contributed by atoms with Crippen LogP contribution in [0.15, 0.2) is 77.8 Å². The Morgan fingerprint density at radius 2 is 1.75 bits per heavy atom. The van der Waals surface area contributed by atoms with Crippen LogP contribution in [0.2, 0.25) is 0 Å². The first-order chi connectivity index (χ1) is 19.4. The van der Waals surface area contributed by atoms with Crippen molar-refractivity contribution in [2.75, 3.05) is 11.9 Å². The predicted molar refractivity (Wildman–Crippen MR) is 142 cm³/mol. The van der Waals surface area contributed by atoms with Gasteiger partial charge in [-0.05, 0) is 18.2 Å². The summed E-state index contributed by atoms with van der Waals surface area (Å²) in [5, 5.41) is 19.2. The molecule has 4 aromatic rings. The standard InChI is InChI=1S/C29H23F2N5O4/c30-20-11-5-4-9-18(20)25-22(29-36(35-25)14-13-17(15-37)40-29)27(38)34-26-28(39)33-24-19(10-6-12-21(24)31)23(32-26)16-7-2-1-3-8-16/h1-12,17,26,37H,13-15H2,(H,33,39)(H,34,38)/t17?,26-/m1/s1. The van der Waals surface area contributed by atoms with E-state index in [1.165, 1.54) is 35.0 Å². The Labute approximate surface area is 227 Å². The number of carbonyl (C=O) groups excluding carboxylic acids is 2. The van der Waals surface area contributed by atoms with Gasteiger partial charge in [0.15, 0.2) is 0 Å². The smallest absolute Gasteiger partial charge is 0.269 e. The molecule has 0 fully saturated rings. The number of aliphatic hydroxyl groups excluding tert-OH is 1. The summed E-state index contributed by atoms with van der Waals surface area (Å²) in [5.41, 5.74) is 1.15. The summed E-state index contributed by atoms with van der Waals surface area (Å²) in [5.74, 6) is -2.79. The van der Waals surface area contributed by atoms with Crippen LogP contribution in [0.5, 0.6) is 5.88 Å². The number of rotatable bonds is 5. The number of benzene rings is 3. The molecular formula is C29H23F2N5O4. The number of anilines is 1. The number of nitrogens with one attached hydrogen (secondary N) is 2. The van der Waals surface area contributed by atoms with Gasteiger partial charge < -0.3 is 20.5 Å². The number of para-hydroxylation sites is 1. The lowest BCUT2D eigenvalue weighted by Gasteiger charge is -2.23. The third-order valence-electron chi connectivity index (χ3n) is 6.75. The van der Waals surface area contributed by atoms with E-state index in [0.29, 0.717) is 29.8 Å². The summed E-state index contributed by atoms with van der Waals surface area (Å²) >= 11 is 0. The fourth-order valence-corrected chi connectivity index (χ4v) is 4.79. The average Bonchev–Trinajstić information content (AvgIpc) is 3.28. The Morgan fingerprint density at radius 1 is 1.02 bits per heavy atom. The van der Waals surface area contributed by atoms with Crippen molar-refractivity contribution in [2.24, 2.45) is 4.99 Å². The number of halogens is 2. The van der Waals surface area contributed by atoms with Crippen molar-refractivity contribution in [3.8, 4) is 17.1 Å². The molecule has 3 N–H and O–H groups in total. The number of hydrogen-bond donors (Lipinski definition) is 3. The highest BCUT2D eigenvalue weighted by Gasteiger charge is 2.35. The number of aliphatic hydroxyl groups is 1. The van der Waals surface area contributed by atoms with Gasteiger partial charge in [-0.15, -0.1) is 0 Å². The van der Waals surface area contributed by atoms with Crippen molar-refractivity contribution < 1.29 is 28.2 Å². The van der Waals surface area contributed by atoms with Crippen LogP contribution in [0, 0.1) is 11.6 Å². The van der Waals surface area contributed by atoms with Crippen LogP contribution >= 0.6 is 0 Å². The van der Waals surface area contributed by atoms with E-state index >= 15 is 0 Å². The van der Waals surface area contributed by atoms with Gasteiger partial charge in [0.25, 0.3) is 11.8 Å². The van der Waals surface area contributed by atoms with Gasteiger partial charge in [0.05, 0.1) is 18.0 Å². The largest absolute Gasteiger partial charge is 0.471 e. The summed E-state index contributed by atoms with van der Waals surface area (Å²) in [6, 6.07) is 19.1. The van der Waals surface area contributed by atoms with Gasteiger partial charge in [-0.3, -0.25) is 9.59 Å². The van der Waals surface area contributed by atoms with Crippen LogP contribution in [-0.4, -0.2) is 51.3 Å². The molecule has 40 heavy (non-hydrogen) atoms. The highest BCUT2D eigenvalue weighted by Crippen LogP contribution is 2.35. The second-order valence-corrected chi connectivity index (χ2v) is 9.31. The minimum Gasteiger partial charge on any atom is -0.471 e. The predicted octanol–water partition coefficient (Wildman–Crippen LogP) is 3.52. The van der Waals surface area contributed by atoms with Gasteiger partial charge in [-0.25, -0.2) is 18.5 Å². The highest BCUT2D eigenvalue weighted by molar-refractivity contribution is 6.20. The van der Waals surface area contributed by atoms with E-state index in [9.17, 15) is 23.5 Å². The molecule has 0 bridgehead atoms. The first-order valence-electron chi connectivity index (χ1n) is 12.6. The quantitative estimate of drug-likeness (QED) is 0.356. The van der Waals surface area contributed by atoms with Crippen LogP contribution in [0.4, 0.5) is 14.5 Å². The molecule has 0 radical (unpaired) electrons. The van der Waals surface area contributed by atoms with E-state index in [1.54, 1.807) is 36.4 Å². The summed E-state index contributed by atoms with van der Waals surface area (Å²) in [6.07, 6.45) is -1.64. The Balaban J connectivity index is 1.44. The van der Waals surface area contributed by atoms with Gasteiger partial charge in [0.1, 0.15) is 29.0 Å². The van der Waals surface area contributed by atoms with E-state index in [1.807, 2.05) is 6.07 Å². The van der Waals surface area contributed by atoms with Crippen molar-refractivity contribution in [3.05, 3.63) is 101 Å². The molecule has 1 unspecified atom stereocenters. The molecule has 9 nitrogen and oxygen atoms in total. The second-order valence-electron chi connectivity index (χ2n) is 9.31. The molecule has 2 aliphatic heterocycles. The number of amides is 2. The molecule has 1 aromatic heterocycles. The van der Waals surface area contributed by atoms with Crippen LogP contribution in [0.25, 0.3) is 11.3 Å². The molecule has 202 valence electrons. The molecule has 0 saturated carbocycles. The van der Waals surface area contributed by atoms with Gasteiger partial charge in [0, 0.05) is 29.7 Å². The van der Waals surface area contributed by atoms with E-state index in [4.69, 9.17) is 4.74 Å². The normalized spacial score (nSPS) is 18.0. The third-order valence-corrected chi connectivity index (χ3v) is 6.75. The second kappa shape index (κ2) is 10.3. The lowest BCUT2D eigenvalue weighted by atomic mass is 10.0. The lowest BCUT2D eigenvalue weighted by molar-refractivity contribution is -0.117. The minimum absolute atomic E-state index is 0.0137. The Bertz CT molecular complexity index is 1650. The van der Waals surface area contributed by atoms with E-state index < -0.39 is 35.7 Å². The van der Waals surface area contributed by atoms with Crippen molar-refractivity contribution >= 4 is 23.2 Å². The summed E-state index contributed by atoms with van der Waals surface area (Å²) < 4.78 is 37.0. The van der Waals surface area contributed by atoms with Crippen LogP contribution in [0.1, 0.15) is 27.9 Å². The maximum atomic E-state index is 14.8. The Hall–Kier alpha value is -4.90.